The summed E-state index contributed by atoms with van der Waals surface area (Å²) < 4.78 is 6.92. The highest BCUT2D eigenvalue weighted by atomic mass is 32.1. The third kappa shape index (κ3) is 2.37. The van der Waals surface area contributed by atoms with Crippen LogP contribution in [0, 0.1) is 0 Å². The minimum absolute atomic E-state index is 0.288. The molecule has 6 heteroatoms. The molecule has 3 aromatic rings. The maximum Gasteiger partial charge on any atom is 0.327 e. The first-order valence-corrected chi connectivity index (χ1v) is 7.00. The second-order valence-corrected chi connectivity index (χ2v) is 5.09. The summed E-state index contributed by atoms with van der Waals surface area (Å²) in [5.74, 6) is 0.392. The van der Waals surface area contributed by atoms with Crippen LogP contribution < -0.4 is 0 Å². The van der Waals surface area contributed by atoms with Crippen LogP contribution in [0.4, 0.5) is 0 Å². The molecule has 0 aliphatic heterocycles. The number of rotatable bonds is 5. The first-order chi connectivity index (χ1) is 9.75. The molecule has 102 valence electrons. The quantitative estimate of drug-likeness (QED) is 0.783. The Morgan fingerprint density at radius 2 is 2.40 bits per heavy atom. The number of carbonyl (C=O) groups is 1. The van der Waals surface area contributed by atoms with Gasteiger partial charge in [-0.15, -0.1) is 0 Å². The fraction of sp³-hybridized carbons (Fsp3) is 0.143. The van der Waals surface area contributed by atoms with Gasteiger partial charge in [-0.1, -0.05) is 0 Å². The minimum Gasteiger partial charge on any atom is -0.480 e. The summed E-state index contributed by atoms with van der Waals surface area (Å²) in [6.07, 6.45) is 5.14. The lowest BCUT2D eigenvalue weighted by atomic mass is 10.1. The van der Waals surface area contributed by atoms with Crippen molar-refractivity contribution in [2.24, 2.45) is 0 Å². The van der Waals surface area contributed by atoms with Crippen LogP contribution in [0.2, 0.25) is 0 Å². The van der Waals surface area contributed by atoms with Gasteiger partial charge in [-0.25, -0.2) is 9.78 Å². The van der Waals surface area contributed by atoms with Crippen molar-refractivity contribution < 1.29 is 14.3 Å². The van der Waals surface area contributed by atoms with Gasteiger partial charge >= 0.3 is 5.97 Å². The van der Waals surface area contributed by atoms with E-state index in [1.807, 2.05) is 16.8 Å². The zero-order chi connectivity index (χ0) is 13.9. The van der Waals surface area contributed by atoms with Gasteiger partial charge in [-0.05, 0) is 23.6 Å². The average molecular weight is 288 g/mol. The fourth-order valence-corrected chi connectivity index (χ4v) is 2.74. The van der Waals surface area contributed by atoms with Crippen LogP contribution in [-0.2, 0) is 11.2 Å². The van der Waals surface area contributed by atoms with E-state index < -0.39 is 12.0 Å². The summed E-state index contributed by atoms with van der Waals surface area (Å²) in [4.78, 5) is 15.8. The van der Waals surface area contributed by atoms with E-state index in [0.29, 0.717) is 11.6 Å². The SMILES string of the molecule is O=C(O)[C@@H](Cc1ccco1)n1ccnc1-c1ccsc1. The van der Waals surface area contributed by atoms with Crippen molar-refractivity contribution in [1.29, 1.82) is 0 Å². The lowest BCUT2D eigenvalue weighted by Gasteiger charge is -2.15. The third-order valence-corrected chi connectivity index (χ3v) is 3.73. The van der Waals surface area contributed by atoms with Crippen molar-refractivity contribution >= 4 is 17.3 Å². The third-order valence-electron chi connectivity index (χ3n) is 3.04. The molecule has 0 aliphatic carbocycles. The Morgan fingerprint density at radius 1 is 1.50 bits per heavy atom. The van der Waals surface area contributed by atoms with Gasteiger partial charge in [-0.3, -0.25) is 0 Å². The number of aliphatic carboxylic acids is 1. The average Bonchev–Trinajstić information content (AvgIpc) is 3.16. The Hall–Kier alpha value is -2.34. The molecule has 0 saturated heterocycles. The molecule has 0 radical (unpaired) electrons. The van der Waals surface area contributed by atoms with E-state index in [-0.39, 0.29) is 6.42 Å². The first-order valence-electron chi connectivity index (χ1n) is 6.06. The van der Waals surface area contributed by atoms with Crippen molar-refractivity contribution in [1.82, 2.24) is 9.55 Å². The van der Waals surface area contributed by atoms with E-state index in [9.17, 15) is 9.90 Å². The van der Waals surface area contributed by atoms with Gasteiger partial charge in [0.25, 0.3) is 0 Å². The molecule has 3 rings (SSSR count). The molecule has 5 nitrogen and oxygen atoms in total. The zero-order valence-electron chi connectivity index (χ0n) is 10.5. The summed E-state index contributed by atoms with van der Waals surface area (Å²) in [5.41, 5.74) is 0.922. The number of aromatic nitrogens is 2. The molecule has 0 fully saturated rings. The van der Waals surface area contributed by atoms with Crippen molar-refractivity contribution in [2.75, 3.05) is 0 Å². The van der Waals surface area contributed by atoms with Crippen LogP contribution in [0.25, 0.3) is 11.4 Å². The number of furan rings is 1. The van der Waals surface area contributed by atoms with E-state index in [1.165, 1.54) is 0 Å². The van der Waals surface area contributed by atoms with Gasteiger partial charge in [0.15, 0.2) is 0 Å². The summed E-state index contributed by atoms with van der Waals surface area (Å²) in [7, 11) is 0. The van der Waals surface area contributed by atoms with Gasteiger partial charge < -0.3 is 14.1 Å². The summed E-state index contributed by atoms with van der Waals surface area (Å²) in [6, 6.07) is 4.72. The standard InChI is InChI=1S/C14H12N2O3S/c17-14(18)12(8-11-2-1-6-19-11)16-5-4-15-13(16)10-3-7-20-9-10/h1-7,9,12H,8H2,(H,17,18)/t12-/m1/s1. The second-order valence-electron chi connectivity index (χ2n) is 4.31. The number of hydrogen-bond donors (Lipinski definition) is 1. The molecule has 0 aliphatic rings. The molecule has 1 atom stereocenters. The Kier molecular flexibility index (Phi) is 3.39. The minimum atomic E-state index is -0.907. The number of hydrogen-bond acceptors (Lipinski definition) is 4. The highest BCUT2D eigenvalue weighted by Crippen LogP contribution is 2.25. The van der Waals surface area contributed by atoms with Crippen LogP contribution in [0.1, 0.15) is 11.8 Å². The molecule has 0 amide bonds. The van der Waals surface area contributed by atoms with Crippen molar-refractivity contribution in [3.63, 3.8) is 0 Å². The molecule has 1 N–H and O–H groups in total. The van der Waals surface area contributed by atoms with Crippen molar-refractivity contribution in [2.45, 2.75) is 12.5 Å². The van der Waals surface area contributed by atoms with E-state index in [2.05, 4.69) is 4.98 Å². The van der Waals surface area contributed by atoms with Gasteiger partial charge in [0.2, 0.25) is 0 Å². The van der Waals surface area contributed by atoms with Crippen LogP contribution in [0.15, 0.2) is 52.0 Å². The molecular formula is C14H12N2O3S. The summed E-state index contributed by atoms with van der Waals surface area (Å²) in [5, 5.41) is 13.4. The van der Waals surface area contributed by atoms with E-state index in [0.717, 1.165) is 5.56 Å². The van der Waals surface area contributed by atoms with Gasteiger partial charge in [0.05, 0.1) is 6.26 Å². The Morgan fingerprint density at radius 3 is 3.05 bits per heavy atom. The molecule has 20 heavy (non-hydrogen) atoms. The summed E-state index contributed by atoms with van der Waals surface area (Å²) >= 11 is 1.55. The van der Waals surface area contributed by atoms with E-state index in [4.69, 9.17) is 4.42 Å². The van der Waals surface area contributed by atoms with Crippen molar-refractivity contribution in [3.8, 4) is 11.4 Å². The van der Waals surface area contributed by atoms with Gasteiger partial charge in [0, 0.05) is 29.8 Å². The predicted octanol–water partition coefficient (Wildman–Crippen LogP) is 3.07. The van der Waals surface area contributed by atoms with Gasteiger partial charge in [0.1, 0.15) is 17.6 Å². The maximum atomic E-state index is 11.6. The predicted molar refractivity (Wildman–Crippen MR) is 74.6 cm³/mol. The van der Waals surface area contributed by atoms with Crippen LogP contribution in [0.5, 0.6) is 0 Å². The molecule has 0 aromatic carbocycles. The number of imidazole rings is 1. The Balaban J connectivity index is 1.96. The number of carboxylic acid groups (broad SMARTS) is 1. The first kappa shape index (κ1) is 12.7. The molecule has 0 spiro atoms. The molecule has 0 bridgehead atoms. The lowest BCUT2D eigenvalue weighted by molar-refractivity contribution is -0.140. The molecule has 3 heterocycles. The van der Waals surface area contributed by atoms with Crippen molar-refractivity contribution in [3.05, 3.63) is 53.4 Å². The zero-order valence-corrected chi connectivity index (χ0v) is 11.3. The van der Waals surface area contributed by atoms with Crippen LogP contribution in [-0.4, -0.2) is 20.6 Å². The molecule has 3 aromatic heterocycles. The maximum absolute atomic E-state index is 11.6. The van der Waals surface area contributed by atoms with E-state index >= 15 is 0 Å². The number of thiophene rings is 1. The lowest BCUT2D eigenvalue weighted by Crippen LogP contribution is -2.21. The highest BCUT2D eigenvalue weighted by Gasteiger charge is 2.24. The number of nitrogens with zero attached hydrogens (tertiary/aromatic N) is 2. The topological polar surface area (TPSA) is 68.3 Å². The van der Waals surface area contributed by atoms with Gasteiger partial charge in [-0.2, -0.15) is 11.3 Å². The van der Waals surface area contributed by atoms with Crippen LogP contribution >= 0.6 is 11.3 Å². The molecule has 0 saturated carbocycles. The largest absolute Gasteiger partial charge is 0.480 e. The second kappa shape index (κ2) is 5.34. The van der Waals surface area contributed by atoms with E-state index in [1.54, 1.807) is 46.7 Å². The smallest absolute Gasteiger partial charge is 0.327 e. The normalized spacial score (nSPS) is 12.4. The Labute approximate surface area is 119 Å². The summed E-state index contributed by atoms with van der Waals surface area (Å²) in [6.45, 7) is 0. The fourth-order valence-electron chi connectivity index (χ4n) is 2.10. The highest BCUT2D eigenvalue weighted by molar-refractivity contribution is 7.08. The molecular weight excluding hydrogens is 276 g/mol. The number of carboxylic acids is 1. The molecule has 0 unspecified atom stereocenters. The van der Waals surface area contributed by atoms with Crippen LogP contribution in [0.3, 0.4) is 0 Å². The Bertz CT molecular complexity index is 686. The monoisotopic (exact) mass is 288 g/mol.